The zero-order valence-corrected chi connectivity index (χ0v) is 14.5. The number of H-pyrrole nitrogens is 1. The number of hydrogen-bond donors (Lipinski definition) is 2. The number of aromatic nitrogens is 4. The van der Waals surface area contributed by atoms with Crippen molar-refractivity contribution in [2.75, 3.05) is 5.32 Å². The Balaban J connectivity index is 1.47. The first-order valence-corrected chi connectivity index (χ1v) is 9.17. The van der Waals surface area contributed by atoms with Gasteiger partial charge in [-0.1, -0.05) is 12.1 Å². The number of carbonyl (C=O) groups is 1. The van der Waals surface area contributed by atoms with Crippen LogP contribution < -0.4 is 10.9 Å². The number of nitrogens with one attached hydrogen (secondary N) is 2. The van der Waals surface area contributed by atoms with Crippen molar-refractivity contribution in [2.24, 2.45) is 7.05 Å². The van der Waals surface area contributed by atoms with Crippen LogP contribution in [-0.4, -0.2) is 25.7 Å². The number of fused-ring (bicyclic) bond motifs is 2. The molecule has 1 amide bonds. The number of amides is 1. The van der Waals surface area contributed by atoms with Crippen molar-refractivity contribution in [3.63, 3.8) is 0 Å². The van der Waals surface area contributed by atoms with E-state index in [4.69, 9.17) is 0 Å². The van der Waals surface area contributed by atoms with Gasteiger partial charge in [-0.15, -0.1) is 0 Å². The zero-order chi connectivity index (χ0) is 17.4. The van der Waals surface area contributed by atoms with Crippen molar-refractivity contribution < 1.29 is 4.79 Å². The maximum absolute atomic E-state index is 12.3. The van der Waals surface area contributed by atoms with E-state index >= 15 is 0 Å². The quantitative estimate of drug-likeness (QED) is 0.746. The fourth-order valence-corrected chi connectivity index (χ4v) is 4.01. The minimum absolute atomic E-state index is 0.112. The van der Waals surface area contributed by atoms with Crippen molar-refractivity contribution >= 4 is 34.4 Å². The number of hydrogen-bond acceptors (Lipinski definition) is 5. The van der Waals surface area contributed by atoms with E-state index in [0.29, 0.717) is 23.1 Å². The summed E-state index contributed by atoms with van der Waals surface area (Å²) in [6.45, 7) is 0. The second-order valence-electron chi connectivity index (χ2n) is 5.97. The molecule has 0 bridgehead atoms. The van der Waals surface area contributed by atoms with Gasteiger partial charge in [-0.3, -0.25) is 14.3 Å². The molecule has 0 saturated heterocycles. The number of benzene rings is 1. The van der Waals surface area contributed by atoms with E-state index in [1.165, 1.54) is 0 Å². The molecular formula is C17H17N5O2S. The van der Waals surface area contributed by atoms with Crippen LogP contribution >= 0.6 is 11.8 Å². The third kappa shape index (κ3) is 3.05. The molecule has 0 saturated carbocycles. The second-order valence-corrected chi connectivity index (χ2v) is 6.95. The van der Waals surface area contributed by atoms with Crippen LogP contribution in [0.1, 0.15) is 23.5 Å². The molecule has 3 aromatic rings. The lowest BCUT2D eigenvalue weighted by molar-refractivity contribution is -0.116. The SMILES string of the molecule is Cn1nc2c(c1NC(=O)CCc1nc3ccccc3c(=O)[nH]1)CSC2. The predicted octanol–water partition coefficient (Wildman–Crippen LogP) is 1.97. The Morgan fingerprint density at radius 2 is 2.20 bits per heavy atom. The molecular weight excluding hydrogens is 338 g/mol. The Kier molecular flexibility index (Phi) is 4.04. The van der Waals surface area contributed by atoms with Gasteiger partial charge in [-0.05, 0) is 12.1 Å². The molecule has 3 heterocycles. The maximum Gasteiger partial charge on any atom is 0.258 e. The van der Waals surface area contributed by atoms with E-state index in [9.17, 15) is 9.59 Å². The minimum Gasteiger partial charge on any atom is -0.311 e. The molecule has 0 fully saturated rings. The summed E-state index contributed by atoms with van der Waals surface area (Å²) in [5.41, 5.74) is 2.62. The lowest BCUT2D eigenvalue weighted by atomic mass is 10.2. The summed E-state index contributed by atoms with van der Waals surface area (Å²) in [6, 6.07) is 7.17. The van der Waals surface area contributed by atoms with E-state index in [1.807, 2.05) is 13.1 Å². The summed E-state index contributed by atoms with van der Waals surface area (Å²) >= 11 is 1.80. The lowest BCUT2D eigenvalue weighted by Gasteiger charge is -2.07. The fourth-order valence-electron chi connectivity index (χ4n) is 2.98. The van der Waals surface area contributed by atoms with Crippen molar-refractivity contribution in [2.45, 2.75) is 24.3 Å². The summed E-state index contributed by atoms with van der Waals surface area (Å²) in [6.07, 6.45) is 0.620. The van der Waals surface area contributed by atoms with Crippen molar-refractivity contribution in [3.05, 3.63) is 51.7 Å². The highest BCUT2D eigenvalue weighted by Crippen LogP contribution is 2.34. The molecule has 0 radical (unpaired) electrons. The van der Waals surface area contributed by atoms with E-state index in [0.717, 1.165) is 28.6 Å². The number of thioether (sulfide) groups is 1. The highest BCUT2D eigenvalue weighted by Gasteiger charge is 2.22. The normalized spacial score (nSPS) is 13.2. The van der Waals surface area contributed by atoms with Crippen LogP contribution in [0.2, 0.25) is 0 Å². The second kappa shape index (κ2) is 6.36. The van der Waals surface area contributed by atoms with E-state index < -0.39 is 0 Å². The number of aryl methyl sites for hydroxylation is 2. The first-order valence-electron chi connectivity index (χ1n) is 8.02. The Hall–Kier alpha value is -2.61. The van der Waals surface area contributed by atoms with Gasteiger partial charge < -0.3 is 10.3 Å². The first-order chi connectivity index (χ1) is 12.1. The molecule has 0 aliphatic carbocycles. The fraction of sp³-hybridized carbons (Fsp3) is 0.294. The average molecular weight is 355 g/mol. The smallest absolute Gasteiger partial charge is 0.258 e. The first kappa shape index (κ1) is 15.9. The van der Waals surface area contributed by atoms with Gasteiger partial charge in [0.1, 0.15) is 11.6 Å². The van der Waals surface area contributed by atoms with Gasteiger partial charge in [0.2, 0.25) is 5.91 Å². The monoisotopic (exact) mass is 355 g/mol. The van der Waals surface area contributed by atoms with Crippen molar-refractivity contribution in [3.8, 4) is 0 Å². The molecule has 8 heteroatoms. The topological polar surface area (TPSA) is 92.7 Å². The number of carbonyl (C=O) groups excluding carboxylic acids is 1. The van der Waals surface area contributed by atoms with E-state index in [1.54, 1.807) is 34.6 Å². The number of para-hydroxylation sites is 1. The van der Waals surface area contributed by atoms with Crippen LogP contribution in [0.5, 0.6) is 0 Å². The molecule has 1 aliphatic heterocycles. The summed E-state index contributed by atoms with van der Waals surface area (Å²) in [4.78, 5) is 31.5. The van der Waals surface area contributed by atoms with Crippen LogP contribution in [0.15, 0.2) is 29.1 Å². The third-order valence-electron chi connectivity index (χ3n) is 4.22. The Morgan fingerprint density at radius 3 is 3.08 bits per heavy atom. The molecule has 0 atom stereocenters. The van der Waals surface area contributed by atoms with Gasteiger partial charge in [-0.25, -0.2) is 4.98 Å². The molecule has 2 aromatic heterocycles. The number of rotatable bonds is 4. The number of nitrogens with zero attached hydrogens (tertiary/aromatic N) is 3. The number of aromatic amines is 1. The minimum atomic E-state index is -0.178. The van der Waals surface area contributed by atoms with Crippen LogP contribution in [0.4, 0.5) is 5.82 Å². The maximum atomic E-state index is 12.3. The number of anilines is 1. The summed E-state index contributed by atoms with van der Waals surface area (Å²) in [5, 5.41) is 7.92. The Labute approximate surface area is 147 Å². The predicted molar refractivity (Wildman–Crippen MR) is 97.5 cm³/mol. The van der Waals surface area contributed by atoms with Gasteiger partial charge in [0.05, 0.1) is 16.6 Å². The van der Waals surface area contributed by atoms with Crippen LogP contribution in [0.3, 0.4) is 0 Å². The molecule has 25 heavy (non-hydrogen) atoms. The van der Waals surface area contributed by atoms with Crippen LogP contribution in [0.25, 0.3) is 10.9 Å². The summed E-state index contributed by atoms with van der Waals surface area (Å²) < 4.78 is 1.72. The van der Waals surface area contributed by atoms with Gasteiger partial charge in [-0.2, -0.15) is 16.9 Å². The highest BCUT2D eigenvalue weighted by molar-refractivity contribution is 7.98. The van der Waals surface area contributed by atoms with Gasteiger partial charge >= 0.3 is 0 Å². The van der Waals surface area contributed by atoms with Crippen molar-refractivity contribution in [1.29, 1.82) is 0 Å². The molecule has 2 N–H and O–H groups in total. The van der Waals surface area contributed by atoms with Gasteiger partial charge in [0.15, 0.2) is 0 Å². The molecule has 1 aliphatic rings. The molecule has 1 aromatic carbocycles. The van der Waals surface area contributed by atoms with E-state index in [2.05, 4.69) is 20.4 Å². The molecule has 0 unspecified atom stereocenters. The largest absolute Gasteiger partial charge is 0.311 e. The molecule has 128 valence electrons. The molecule has 0 spiro atoms. The van der Waals surface area contributed by atoms with Crippen LogP contribution in [0, 0.1) is 0 Å². The summed E-state index contributed by atoms with van der Waals surface area (Å²) in [7, 11) is 1.83. The molecule has 7 nitrogen and oxygen atoms in total. The average Bonchev–Trinajstić information content (AvgIpc) is 3.16. The Morgan fingerprint density at radius 1 is 1.36 bits per heavy atom. The third-order valence-corrected chi connectivity index (χ3v) is 5.19. The standard InChI is InChI=1S/C17H17N5O2S/c1-22-16(11-8-25-9-13(11)21-22)20-15(23)7-6-14-18-12-5-3-2-4-10(12)17(24)19-14/h2-5H,6-9H2,1H3,(H,20,23)(H,18,19,24). The van der Waals surface area contributed by atoms with Gasteiger partial charge in [0.25, 0.3) is 5.56 Å². The molecule has 4 rings (SSSR count). The van der Waals surface area contributed by atoms with Crippen molar-refractivity contribution in [1.82, 2.24) is 19.7 Å². The lowest BCUT2D eigenvalue weighted by Crippen LogP contribution is -2.18. The summed E-state index contributed by atoms with van der Waals surface area (Å²) in [5.74, 6) is 2.94. The highest BCUT2D eigenvalue weighted by atomic mass is 32.2. The Bertz CT molecular complexity index is 1020. The van der Waals surface area contributed by atoms with E-state index in [-0.39, 0.29) is 17.9 Å². The zero-order valence-electron chi connectivity index (χ0n) is 13.7. The van der Waals surface area contributed by atoms with Gasteiger partial charge in [0, 0.05) is 37.0 Å². The van der Waals surface area contributed by atoms with Crippen LogP contribution in [-0.2, 0) is 29.8 Å².